The molecule has 0 spiro atoms. The van der Waals surface area contributed by atoms with E-state index < -0.39 is 23.4 Å². The number of hydrogen-bond donors (Lipinski definition) is 0. The van der Waals surface area contributed by atoms with Crippen molar-refractivity contribution in [2.24, 2.45) is 11.8 Å². The molecular formula is C25H25F5. The first-order valence-electron chi connectivity index (χ1n) is 10.6. The topological polar surface area (TPSA) is 0 Å². The number of benzene rings is 2. The van der Waals surface area contributed by atoms with Gasteiger partial charge in [0.05, 0.1) is 11.1 Å². The lowest BCUT2D eigenvalue weighted by Crippen LogP contribution is -2.29. The third kappa shape index (κ3) is 3.91. The summed E-state index contributed by atoms with van der Waals surface area (Å²) in [6.45, 7) is 3.79. The van der Waals surface area contributed by atoms with E-state index in [1.165, 1.54) is 6.07 Å². The van der Waals surface area contributed by atoms with Crippen LogP contribution in [0.2, 0.25) is 0 Å². The standard InChI is InChI=1S/C25H25F5/c1-2-3-4-15-5-11-19-17(13-15)8-12-20-21(19)14-22(26)23(24(20)27)16-6-9-18(10-7-16)25(28,29)30/h2,6-7,9-10,14-15,17,19H,1,3-5,8,11-13H2. The fraction of sp³-hybridized carbons (Fsp3) is 0.440. The summed E-state index contributed by atoms with van der Waals surface area (Å²) in [5.41, 5.74) is 0.383. The van der Waals surface area contributed by atoms with Crippen molar-refractivity contribution in [3.8, 4) is 11.1 Å². The highest BCUT2D eigenvalue weighted by atomic mass is 19.4. The van der Waals surface area contributed by atoms with Crippen molar-refractivity contribution in [1.82, 2.24) is 0 Å². The SMILES string of the molecule is C=CCCC1CCC2c3cc(F)c(-c4ccc(C(F)(F)F)cc4)c(F)c3CCC2C1. The van der Waals surface area contributed by atoms with Crippen LogP contribution >= 0.6 is 0 Å². The van der Waals surface area contributed by atoms with Gasteiger partial charge in [-0.25, -0.2) is 8.78 Å². The molecule has 3 unspecified atom stereocenters. The lowest BCUT2D eigenvalue weighted by atomic mass is 9.64. The first-order chi connectivity index (χ1) is 14.3. The summed E-state index contributed by atoms with van der Waals surface area (Å²) in [5, 5.41) is 0. The molecule has 0 nitrogen and oxygen atoms in total. The van der Waals surface area contributed by atoms with Gasteiger partial charge in [0, 0.05) is 0 Å². The summed E-state index contributed by atoms with van der Waals surface area (Å²) in [5.74, 6) is -0.0551. The average Bonchev–Trinajstić information content (AvgIpc) is 2.71. The molecule has 3 atom stereocenters. The maximum Gasteiger partial charge on any atom is 0.416 e. The fourth-order valence-electron chi connectivity index (χ4n) is 5.39. The highest BCUT2D eigenvalue weighted by molar-refractivity contribution is 5.67. The largest absolute Gasteiger partial charge is 0.416 e. The Kier molecular flexibility index (Phi) is 5.73. The predicted octanol–water partition coefficient (Wildman–Crippen LogP) is 8.06. The summed E-state index contributed by atoms with van der Waals surface area (Å²) in [7, 11) is 0. The molecular weight excluding hydrogens is 395 g/mol. The molecule has 0 amide bonds. The van der Waals surface area contributed by atoms with Crippen LogP contribution in [0.5, 0.6) is 0 Å². The summed E-state index contributed by atoms with van der Waals surface area (Å²) >= 11 is 0. The van der Waals surface area contributed by atoms with Gasteiger partial charge in [-0.15, -0.1) is 6.58 Å². The van der Waals surface area contributed by atoms with Crippen molar-refractivity contribution < 1.29 is 22.0 Å². The highest BCUT2D eigenvalue weighted by Gasteiger charge is 2.37. The molecule has 160 valence electrons. The molecule has 2 aliphatic rings. The van der Waals surface area contributed by atoms with Crippen molar-refractivity contribution in [2.45, 2.75) is 57.0 Å². The van der Waals surface area contributed by atoms with Crippen LogP contribution in [-0.4, -0.2) is 0 Å². The molecule has 0 aliphatic heterocycles. The monoisotopic (exact) mass is 420 g/mol. The number of hydrogen-bond acceptors (Lipinski definition) is 0. The van der Waals surface area contributed by atoms with Crippen molar-refractivity contribution in [1.29, 1.82) is 0 Å². The number of alkyl halides is 3. The molecule has 4 rings (SSSR count). The number of fused-ring (bicyclic) bond motifs is 3. The minimum Gasteiger partial charge on any atom is -0.206 e. The third-order valence-electron chi connectivity index (χ3n) is 6.89. The van der Waals surface area contributed by atoms with E-state index in [2.05, 4.69) is 6.58 Å². The quantitative estimate of drug-likeness (QED) is 0.347. The second-order valence-electron chi connectivity index (χ2n) is 8.64. The van der Waals surface area contributed by atoms with Crippen LogP contribution < -0.4 is 0 Å². The molecule has 5 heteroatoms. The molecule has 0 heterocycles. The number of rotatable bonds is 4. The Balaban J connectivity index is 1.64. The Hall–Kier alpha value is -2.17. The Morgan fingerprint density at radius 1 is 1.03 bits per heavy atom. The van der Waals surface area contributed by atoms with Gasteiger partial charge in [-0.1, -0.05) is 18.2 Å². The molecule has 0 saturated heterocycles. The van der Waals surface area contributed by atoms with Gasteiger partial charge < -0.3 is 0 Å². The maximum atomic E-state index is 15.4. The van der Waals surface area contributed by atoms with Gasteiger partial charge in [0.1, 0.15) is 11.6 Å². The second-order valence-corrected chi connectivity index (χ2v) is 8.64. The van der Waals surface area contributed by atoms with Crippen LogP contribution in [0, 0.1) is 23.5 Å². The Morgan fingerprint density at radius 2 is 1.77 bits per heavy atom. The van der Waals surface area contributed by atoms with E-state index in [1.54, 1.807) is 0 Å². The predicted molar refractivity (Wildman–Crippen MR) is 108 cm³/mol. The summed E-state index contributed by atoms with van der Waals surface area (Å²) in [6, 6.07) is 5.47. The van der Waals surface area contributed by atoms with Gasteiger partial charge >= 0.3 is 6.18 Å². The molecule has 0 bridgehead atoms. The summed E-state index contributed by atoms with van der Waals surface area (Å²) < 4.78 is 68.8. The van der Waals surface area contributed by atoms with Crippen LogP contribution in [0.25, 0.3) is 11.1 Å². The average molecular weight is 420 g/mol. The van der Waals surface area contributed by atoms with Crippen molar-refractivity contribution in [3.63, 3.8) is 0 Å². The van der Waals surface area contributed by atoms with E-state index in [-0.39, 0.29) is 17.0 Å². The highest BCUT2D eigenvalue weighted by Crippen LogP contribution is 2.49. The minimum absolute atomic E-state index is 0.135. The van der Waals surface area contributed by atoms with Crippen molar-refractivity contribution in [3.05, 3.63) is 71.3 Å². The van der Waals surface area contributed by atoms with Gasteiger partial charge in [-0.05, 0) is 97.6 Å². The zero-order chi connectivity index (χ0) is 21.5. The number of halogens is 5. The minimum atomic E-state index is -4.48. The van der Waals surface area contributed by atoms with E-state index >= 15 is 4.39 Å². The fourth-order valence-corrected chi connectivity index (χ4v) is 5.39. The Bertz CT molecular complexity index is 926. The Morgan fingerprint density at radius 3 is 2.43 bits per heavy atom. The molecule has 0 aromatic heterocycles. The molecule has 0 N–H and O–H groups in total. The van der Waals surface area contributed by atoms with E-state index in [0.717, 1.165) is 68.4 Å². The second kappa shape index (κ2) is 8.16. The zero-order valence-electron chi connectivity index (χ0n) is 16.7. The van der Waals surface area contributed by atoms with Gasteiger partial charge in [-0.2, -0.15) is 13.2 Å². The molecule has 1 saturated carbocycles. The van der Waals surface area contributed by atoms with Crippen molar-refractivity contribution >= 4 is 0 Å². The maximum absolute atomic E-state index is 15.4. The van der Waals surface area contributed by atoms with Crippen LogP contribution in [0.1, 0.15) is 61.1 Å². The molecule has 2 aromatic carbocycles. The third-order valence-corrected chi connectivity index (χ3v) is 6.89. The van der Waals surface area contributed by atoms with Crippen LogP contribution in [0.3, 0.4) is 0 Å². The van der Waals surface area contributed by atoms with Crippen LogP contribution in [0.4, 0.5) is 22.0 Å². The number of allylic oxidation sites excluding steroid dienone is 1. The smallest absolute Gasteiger partial charge is 0.206 e. The zero-order valence-corrected chi connectivity index (χ0v) is 16.7. The van der Waals surface area contributed by atoms with E-state index in [9.17, 15) is 17.6 Å². The molecule has 1 fully saturated rings. The summed E-state index contributed by atoms with van der Waals surface area (Å²) in [4.78, 5) is 0. The normalized spacial score (nSPS) is 23.6. The first-order valence-corrected chi connectivity index (χ1v) is 10.6. The van der Waals surface area contributed by atoms with Crippen LogP contribution in [-0.2, 0) is 12.6 Å². The molecule has 2 aliphatic carbocycles. The Labute approximate surface area is 173 Å². The molecule has 0 radical (unpaired) electrons. The van der Waals surface area contributed by atoms with Crippen LogP contribution in [0.15, 0.2) is 43.0 Å². The van der Waals surface area contributed by atoms with E-state index in [4.69, 9.17) is 0 Å². The van der Waals surface area contributed by atoms with E-state index in [1.807, 2.05) is 6.08 Å². The summed E-state index contributed by atoms with van der Waals surface area (Å²) in [6.07, 6.45) is 4.06. The lowest BCUT2D eigenvalue weighted by molar-refractivity contribution is -0.137. The van der Waals surface area contributed by atoms with Gasteiger partial charge in [0.25, 0.3) is 0 Å². The van der Waals surface area contributed by atoms with Gasteiger partial charge in [0.15, 0.2) is 0 Å². The van der Waals surface area contributed by atoms with Crippen molar-refractivity contribution in [2.75, 3.05) is 0 Å². The van der Waals surface area contributed by atoms with Gasteiger partial charge in [-0.3, -0.25) is 0 Å². The van der Waals surface area contributed by atoms with Gasteiger partial charge in [0.2, 0.25) is 0 Å². The lowest BCUT2D eigenvalue weighted by Gasteiger charge is -2.41. The first kappa shape index (κ1) is 21.1. The van der Waals surface area contributed by atoms with E-state index in [0.29, 0.717) is 23.8 Å². The molecule has 2 aromatic rings. The molecule has 30 heavy (non-hydrogen) atoms.